The zero-order chi connectivity index (χ0) is 15.4. The Morgan fingerprint density at radius 2 is 2.09 bits per heavy atom. The van der Waals surface area contributed by atoms with Gasteiger partial charge in [-0.15, -0.1) is 0 Å². The summed E-state index contributed by atoms with van der Waals surface area (Å²) in [6.07, 6.45) is 3.84. The summed E-state index contributed by atoms with van der Waals surface area (Å²) in [6, 6.07) is 8.39. The van der Waals surface area contributed by atoms with Crippen LogP contribution in [-0.2, 0) is 16.0 Å². The van der Waals surface area contributed by atoms with Gasteiger partial charge < -0.3 is 14.2 Å². The number of benzene rings is 1. The summed E-state index contributed by atoms with van der Waals surface area (Å²) in [5, 5.41) is 0. The minimum atomic E-state index is 0.178. The first-order valence-corrected chi connectivity index (χ1v) is 8.21. The second-order valence-electron chi connectivity index (χ2n) is 6.61. The quantitative estimate of drug-likeness (QED) is 0.837. The van der Waals surface area contributed by atoms with Crippen molar-refractivity contribution in [3.63, 3.8) is 0 Å². The van der Waals surface area contributed by atoms with Crippen LogP contribution in [0.4, 0.5) is 0 Å². The molecule has 2 fully saturated rings. The van der Waals surface area contributed by atoms with E-state index in [1.165, 1.54) is 12.0 Å². The summed E-state index contributed by atoms with van der Waals surface area (Å²) in [7, 11) is 3.51. The number of nitrogens with zero attached hydrogens (tertiary/aromatic N) is 1. The third kappa shape index (κ3) is 3.29. The van der Waals surface area contributed by atoms with E-state index in [9.17, 15) is 0 Å². The van der Waals surface area contributed by atoms with Crippen molar-refractivity contribution in [3.05, 3.63) is 29.8 Å². The van der Waals surface area contributed by atoms with Crippen molar-refractivity contribution in [3.8, 4) is 5.75 Å². The molecule has 0 radical (unpaired) electrons. The van der Waals surface area contributed by atoms with E-state index >= 15 is 0 Å². The smallest absolute Gasteiger partial charge is 0.118 e. The highest BCUT2D eigenvalue weighted by atomic mass is 16.5. The number of ether oxygens (including phenoxy) is 3. The van der Waals surface area contributed by atoms with Gasteiger partial charge in [0.2, 0.25) is 0 Å². The first-order valence-electron chi connectivity index (χ1n) is 8.21. The van der Waals surface area contributed by atoms with Gasteiger partial charge in [0.15, 0.2) is 0 Å². The predicted molar refractivity (Wildman–Crippen MR) is 86.2 cm³/mol. The van der Waals surface area contributed by atoms with E-state index in [-0.39, 0.29) is 5.41 Å². The lowest BCUT2D eigenvalue weighted by molar-refractivity contribution is -0.149. The van der Waals surface area contributed by atoms with Crippen LogP contribution >= 0.6 is 0 Å². The van der Waals surface area contributed by atoms with Crippen LogP contribution in [-0.4, -0.2) is 51.5 Å². The molecule has 0 saturated carbocycles. The molecule has 2 atom stereocenters. The van der Waals surface area contributed by atoms with Crippen LogP contribution in [0.5, 0.6) is 5.75 Å². The molecular weight excluding hydrogens is 278 g/mol. The van der Waals surface area contributed by atoms with Gasteiger partial charge in [-0.05, 0) is 37.0 Å². The summed E-state index contributed by atoms with van der Waals surface area (Å²) in [5.41, 5.74) is 1.51. The lowest BCUT2D eigenvalue weighted by Crippen LogP contribution is -2.56. The highest BCUT2D eigenvalue weighted by molar-refractivity contribution is 5.27. The van der Waals surface area contributed by atoms with E-state index in [0.717, 1.165) is 51.4 Å². The number of hydrogen-bond acceptors (Lipinski definition) is 4. The van der Waals surface area contributed by atoms with Gasteiger partial charge in [-0.2, -0.15) is 0 Å². The van der Waals surface area contributed by atoms with Gasteiger partial charge in [0.25, 0.3) is 0 Å². The van der Waals surface area contributed by atoms with Crippen LogP contribution in [0.25, 0.3) is 0 Å². The number of rotatable bonds is 5. The highest BCUT2D eigenvalue weighted by Gasteiger charge is 2.45. The molecule has 1 aromatic carbocycles. The van der Waals surface area contributed by atoms with Crippen LogP contribution in [0.3, 0.4) is 0 Å². The van der Waals surface area contributed by atoms with Crippen molar-refractivity contribution in [1.82, 2.24) is 4.90 Å². The van der Waals surface area contributed by atoms with Crippen LogP contribution in [0.15, 0.2) is 24.3 Å². The van der Waals surface area contributed by atoms with Crippen molar-refractivity contribution in [2.75, 3.05) is 40.5 Å². The number of piperidine rings is 1. The minimum absolute atomic E-state index is 0.178. The standard InChI is InChI=1S/C18H27NO3/c1-20-14-18-9-3-11-22-17(18)8-10-19(13-18)12-15-4-6-16(21-2)7-5-15/h4-7,17H,3,8-14H2,1-2H3/t17-,18-/m0/s1. The largest absolute Gasteiger partial charge is 0.497 e. The molecule has 0 aromatic heterocycles. The fourth-order valence-electron chi connectivity index (χ4n) is 4.00. The Balaban J connectivity index is 1.67. The average molecular weight is 305 g/mol. The van der Waals surface area contributed by atoms with Crippen molar-refractivity contribution in [2.24, 2.45) is 5.41 Å². The van der Waals surface area contributed by atoms with Gasteiger partial charge in [-0.25, -0.2) is 0 Å². The van der Waals surface area contributed by atoms with E-state index < -0.39 is 0 Å². The molecule has 4 heteroatoms. The molecule has 4 nitrogen and oxygen atoms in total. The molecule has 2 aliphatic heterocycles. The lowest BCUT2D eigenvalue weighted by Gasteiger charge is -2.50. The van der Waals surface area contributed by atoms with Gasteiger partial charge in [0, 0.05) is 38.8 Å². The molecule has 2 heterocycles. The number of methoxy groups -OCH3 is 2. The molecule has 3 rings (SSSR count). The molecule has 0 spiro atoms. The van der Waals surface area contributed by atoms with E-state index in [1.807, 2.05) is 19.2 Å². The van der Waals surface area contributed by atoms with E-state index in [2.05, 4.69) is 17.0 Å². The monoisotopic (exact) mass is 305 g/mol. The topological polar surface area (TPSA) is 30.9 Å². The van der Waals surface area contributed by atoms with Gasteiger partial charge >= 0.3 is 0 Å². The molecule has 0 aliphatic carbocycles. The van der Waals surface area contributed by atoms with Gasteiger partial charge in [-0.3, -0.25) is 4.90 Å². The first kappa shape index (κ1) is 15.8. The molecule has 0 unspecified atom stereocenters. The van der Waals surface area contributed by atoms with Crippen molar-refractivity contribution in [1.29, 1.82) is 0 Å². The van der Waals surface area contributed by atoms with Crippen LogP contribution in [0, 0.1) is 5.41 Å². The van der Waals surface area contributed by atoms with Gasteiger partial charge in [-0.1, -0.05) is 12.1 Å². The lowest BCUT2D eigenvalue weighted by atomic mass is 9.73. The summed E-state index contributed by atoms with van der Waals surface area (Å²) in [6.45, 7) is 4.87. The maximum atomic E-state index is 6.04. The molecular formula is C18H27NO3. The van der Waals surface area contributed by atoms with E-state index in [0.29, 0.717) is 6.10 Å². The zero-order valence-electron chi connectivity index (χ0n) is 13.7. The SMILES string of the molecule is COC[C@@]12CCCO[C@H]1CCN(Cc1ccc(OC)cc1)C2. The van der Waals surface area contributed by atoms with E-state index in [1.54, 1.807) is 7.11 Å². The third-order valence-corrected chi connectivity index (χ3v) is 5.06. The molecule has 1 aromatic rings. The van der Waals surface area contributed by atoms with Crippen LogP contribution in [0.2, 0.25) is 0 Å². The maximum Gasteiger partial charge on any atom is 0.118 e. The highest BCUT2D eigenvalue weighted by Crippen LogP contribution is 2.40. The molecule has 0 amide bonds. The number of fused-ring (bicyclic) bond motifs is 1. The molecule has 2 aliphatic rings. The summed E-state index contributed by atoms with van der Waals surface area (Å²) in [4.78, 5) is 2.55. The van der Waals surface area contributed by atoms with Crippen molar-refractivity contribution >= 4 is 0 Å². The zero-order valence-corrected chi connectivity index (χ0v) is 13.7. The molecule has 22 heavy (non-hydrogen) atoms. The van der Waals surface area contributed by atoms with Crippen molar-refractivity contribution < 1.29 is 14.2 Å². The first-order chi connectivity index (χ1) is 10.8. The van der Waals surface area contributed by atoms with Gasteiger partial charge in [0.1, 0.15) is 5.75 Å². The third-order valence-electron chi connectivity index (χ3n) is 5.06. The Hall–Kier alpha value is -1.10. The Kier molecular flexibility index (Phi) is 5.01. The average Bonchev–Trinajstić information content (AvgIpc) is 2.55. The Morgan fingerprint density at radius 1 is 1.27 bits per heavy atom. The van der Waals surface area contributed by atoms with Crippen LogP contribution in [0.1, 0.15) is 24.8 Å². The summed E-state index contributed by atoms with van der Waals surface area (Å²) in [5.74, 6) is 0.916. The number of likely N-dealkylation sites (tertiary alicyclic amines) is 1. The fraction of sp³-hybridized carbons (Fsp3) is 0.667. The Morgan fingerprint density at radius 3 is 2.82 bits per heavy atom. The maximum absolute atomic E-state index is 6.04. The Labute approximate surface area is 133 Å². The van der Waals surface area contributed by atoms with Crippen LogP contribution < -0.4 is 4.74 Å². The summed E-state index contributed by atoms with van der Waals surface area (Å²) < 4.78 is 16.8. The molecule has 0 N–H and O–H groups in total. The Bertz CT molecular complexity index is 472. The van der Waals surface area contributed by atoms with Crippen molar-refractivity contribution in [2.45, 2.75) is 31.9 Å². The molecule has 122 valence electrons. The fourth-order valence-corrected chi connectivity index (χ4v) is 4.00. The minimum Gasteiger partial charge on any atom is -0.497 e. The normalized spacial score (nSPS) is 29.1. The van der Waals surface area contributed by atoms with Gasteiger partial charge in [0.05, 0.1) is 19.8 Å². The second-order valence-corrected chi connectivity index (χ2v) is 6.61. The van der Waals surface area contributed by atoms with E-state index in [4.69, 9.17) is 14.2 Å². The summed E-state index contributed by atoms with van der Waals surface area (Å²) >= 11 is 0. The second kappa shape index (κ2) is 6.99. The number of hydrogen-bond donors (Lipinski definition) is 0. The predicted octanol–water partition coefficient (Wildman–Crippen LogP) is 2.71. The molecule has 2 saturated heterocycles. The molecule has 0 bridgehead atoms.